The molecular formula is C21H33ClN2O2. The van der Waals surface area contributed by atoms with Gasteiger partial charge in [-0.2, -0.15) is 0 Å². The molecule has 2 saturated heterocycles. The number of carbonyl (C=O) groups is 1. The molecule has 1 aromatic carbocycles. The first kappa shape index (κ1) is 21.2. The molecule has 0 saturated carbocycles. The van der Waals surface area contributed by atoms with Crippen LogP contribution < -0.4 is 5.32 Å². The van der Waals surface area contributed by atoms with Crippen LogP contribution in [0.4, 0.5) is 0 Å². The van der Waals surface area contributed by atoms with E-state index in [2.05, 4.69) is 41.4 Å². The third-order valence-corrected chi connectivity index (χ3v) is 5.77. The van der Waals surface area contributed by atoms with Crippen molar-refractivity contribution in [1.29, 1.82) is 0 Å². The van der Waals surface area contributed by atoms with Crippen molar-refractivity contribution in [2.75, 3.05) is 33.3 Å². The topological polar surface area (TPSA) is 41.6 Å². The molecule has 3 rings (SSSR count). The average Bonchev–Trinajstić information content (AvgIpc) is 2.67. The van der Waals surface area contributed by atoms with E-state index >= 15 is 0 Å². The van der Waals surface area contributed by atoms with Gasteiger partial charge in [0, 0.05) is 19.7 Å². The van der Waals surface area contributed by atoms with Crippen molar-refractivity contribution < 1.29 is 9.53 Å². The second-order valence-corrected chi connectivity index (χ2v) is 7.61. The van der Waals surface area contributed by atoms with E-state index in [9.17, 15) is 4.79 Å². The van der Waals surface area contributed by atoms with Gasteiger partial charge >= 0.3 is 0 Å². The molecule has 5 heteroatoms. The van der Waals surface area contributed by atoms with Crippen LogP contribution in [-0.2, 0) is 9.53 Å². The fourth-order valence-electron chi connectivity index (χ4n) is 4.14. The second kappa shape index (κ2) is 10.3. The molecule has 0 spiro atoms. The van der Waals surface area contributed by atoms with Crippen LogP contribution in [0, 0.1) is 18.8 Å². The van der Waals surface area contributed by atoms with Gasteiger partial charge in [0.1, 0.15) is 0 Å². The number of hydrogen-bond acceptors (Lipinski definition) is 3. The number of amides is 1. The van der Waals surface area contributed by atoms with Crippen molar-refractivity contribution in [3.8, 4) is 0 Å². The van der Waals surface area contributed by atoms with Gasteiger partial charge in [0.05, 0.1) is 12.0 Å². The number of likely N-dealkylation sites (tertiary alicyclic amines) is 1. The lowest BCUT2D eigenvalue weighted by atomic mass is 9.86. The lowest BCUT2D eigenvalue weighted by Crippen LogP contribution is -2.44. The molecule has 146 valence electrons. The van der Waals surface area contributed by atoms with Crippen LogP contribution in [0.15, 0.2) is 24.3 Å². The lowest BCUT2D eigenvalue weighted by Gasteiger charge is -2.38. The number of carbonyl (C=O) groups excluding carboxylic acids is 1. The average molecular weight is 381 g/mol. The molecule has 2 heterocycles. The van der Waals surface area contributed by atoms with Gasteiger partial charge in [-0.15, -0.1) is 12.4 Å². The Morgan fingerprint density at radius 1 is 1.19 bits per heavy atom. The molecule has 2 aliphatic rings. The van der Waals surface area contributed by atoms with Crippen molar-refractivity contribution in [3.05, 3.63) is 35.4 Å². The van der Waals surface area contributed by atoms with E-state index in [-0.39, 0.29) is 24.4 Å². The highest BCUT2D eigenvalue weighted by molar-refractivity contribution is 5.85. The maximum Gasteiger partial charge on any atom is 0.228 e. The monoisotopic (exact) mass is 380 g/mol. The molecule has 0 aliphatic carbocycles. The van der Waals surface area contributed by atoms with E-state index in [1.54, 1.807) is 0 Å². The number of nitrogens with zero attached hydrogens (tertiary/aromatic N) is 1. The van der Waals surface area contributed by atoms with Crippen molar-refractivity contribution in [2.24, 2.45) is 11.8 Å². The third kappa shape index (κ3) is 5.21. The van der Waals surface area contributed by atoms with Gasteiger partial charge in [-0.1, -0.05) is 29.8 Å². The molecule has 2 atom stereocenters. The number of benzene rings is 1. The van der Waals surface area contributed by atoms with Crippen molar-refractivity contribution in [3.63, 3.8) is 0 Å². The summed E-state index contributed by atoms with van der Waals surface area (Å²) in [6.45, 7) is 5.74. The third-order valence-electron chi connectivity index (χ3n) is 5.77. The minimum Gasteiger partial charge on any atom is -0.373 e. The molecule has 4 nitrogen and oxygen atoms in total. The number of hydrogen-bond donors (Lipinski definition) is 1. The molecule has 26 heavy (non-hydrogen) atoms. The predicted molar refractivity (Wildman–Crippen MR) is 108 cm³/mol. The zero-order chi connectivity index (χ0) is 17.6. The molecule has 0 aromatic heterocycles. The lowest BCUT2D eigenvalue weighted by molar-refractivity contribution is -0.147. The Morgan fingerprint density at radius 2 is 1.88 bits per heavy atom. The highest BCUT2D eigenvalue weighted by Gasteiger charge is 2.36. The fourth-order valence-corrected chi connectivity index (χ4v) is 4.14. The smallest absolute Gasteiger partial charge is 0.228 e. The number of halogens is 1. The van der Waals surface area contributed by atoms with Gasteiger partial charge in [0.25, 0.3) is 0 Å². The van der Waals surface area contributed by atoms with E-state index in [4.69, 9.17) is 4.74 Å². The van der Waals surface area contributed by atoms with Crippen LogP contribution >= 0.6 is 12.4 Å². The summed E-state index contributed by atoms with van der Waals surface area (Å²) < 4.78 is 6.05. The predicted octanol–water partition coefficient (Wildman–Crippen LogP) is 3.73. The SMILES string of the molecule is CNCCC1CCN(C(=O)C2CCCOC2c2ccc(C)cc2)CC1.Cl. The van der Waals surface area contributed by atoms with Gasteiger partial charge in [-0.05, 0) is 64.1 Å². The van der Waals surface area contributed by atoms with Crippen molar-refractivity contribution in [1.82, 2.24) is 10.2 Å². The molecule has 1 N–H and O–H groups in total. The van der Waals surface area contributed by atoms with E-state index < -0.39 is 0 Å². The Kier molecular flexibility index (Phi) is 8.39. The van der Waals surface area contributed by atoms with Gasteiger partial charge in [0.15, 0.2) is 0 Å². The Morgan fingerprint density at radius 3 is 2.54 bits per heavy atom. The first-order valence-electron chi connectivity index (χ1n) is 9.80. The number of rotatable bonds is 5. The maximum atomic E-state index is 13.2. The first-order chi connectivity index (χ1) is 12.2. The normalized spacial score (nSPS) is 24.2. The summed E-state index contributed by atoms with van der Waals surface area (Å²) in [4.78, 5) is 15.3. The summed E-state index contributed by atoms with van der Waals surface area (Å²) >= 11 is 0. The zero-order valence-electron chi connectivity index (χ0n) is 16.1. The van der Waals surface area contributed by atoms with Gasteiger partial charge < -0.3 is 15.0 Å². The largest absolute Gasteiger partial charge is 0.373 e. The van der Waals surface area contributed by atoms with Crippen LogP contribution in [-0.4, -0.2) is 44.1 Å². The number of aryl methyl sites for hydroxylation is 1. The zero-order valence-corrected chi connectivity index (χ0v) is 16.9. The molecule has 2 fully saturated rings. The summed E-state index contributed by atoms with van der Waals surface area (Å²) in [6.07, 6.45) is 5.33. The highest BCUT2D eigenvalue weighted by Crippen LogP contribution is 2.36. The van der Waals surface area contributed by atoms with Gasteiger partial charge in [-0.25, -0.2) is 0 Å². The van der Waals surface area contributed by atoms with E-state index in [1.165, 1.54) is 12.0 Å². The van der Waals surface area contributed by atoms with Crippen LogP contribution in [0.3, 0.4) is 0 Å². The summed E-state index contributed by atoms with van der Waals surface area (Å²) in [7, 11) is 2.01. The molecular weight excluding hydrogens is 348 g/mol. The Bertz CT molecular complexity index is 556. The van der Waals surface area contributed by atoms with Crippen LogP contribution in [0.25, 0.3) is 0 Å². The number of ether oxygens (including phenoxy) is 1. The van der Waals surface area contributed by atoms with Gasteiger partial charge in [0.2, 0.25) is 5.91 Å². The summed E-state index contributed by atoms with van der Waals surface area (Å²) in [5, 5.41) is 3.23. The van der Waals surface area contributed by atoms with Crippen LogP contribution in [0.1, 0.15) is 49.3 Å². The van der Waals surface area contributed by atoms with Crippen molar-refractivity contribution >= 4 is 18.3 Å². The molecule has 0 radical (unpaired) electrons. The molecule has 1 aromatic rings. The molecule has 0 bridgehead atoms. The Balaban J connectivity index is 0.00000243. The Hall–Kier alpha value is -1.10. The number of nitrogens with one attached hydrogen (secondary N) is 1. The van der Waals surface area contributed by atoms with Crippen LogP contribution in [0.5, 0.6) is 0 Å². The summed E-state index contributed by atoms with van der Waals surface area (Å²) in [6, 6.07) is 8.47. The minimum atomic E-state index is -0.0798. The quantitative estimate of drug-likeness (QED) is 0.846. The molecule has 2 aliphatic heterocycles. The summed E-state index contributed by atoms with van der Waals surface area (Å²) in [5.41, 5.74) is 2.39. The molecule has 2 unspecified atom stereocenters. The minimum absolute atomic E-state index is 0. The summed E-state index contributed by atoms with van der Waals surface area (Å²) in [5.74, 6) is 1.04. The maximum absolute atomic E-state index is 13.2. The molecule has 1 amide bonds. The highest BCUT2D eigenvalue weighted by atomic mass is 35.5. The van der Waals surface area contributed by atoms with Crippen LogP contribution in [0.2, 0.25) is 0 Å². The van der Waals surface area contributed by atoms with Crippen molar-refractivity contribution in [2.45, 2.75) is 45.1 Å². The first-order valence-corrected chi connectivity index (χ1v) is 9.80. The van der Waals surface area contributed by atoms with E-state index in [1.807, 2.05) is 7.05 Å². The number of piperidine rings is 1. The fraction of sp³-hybridized carbons (Fsp3) is 0.667. The van der Waals surface area contributed by atoms with E-state index in [0.29, 0.717) is 5.91 Å². The Labute approximate surface area is 164 Å². The van der Waals surface area contributed by atoms with E-state index in [0.717, 1.165) is 63.4 Å². The standard InChI is InChI=1S/C21H32N2O2.ClH/c1-16-5-7-18(8-6-16)20-19(4-3-15-25-20)21(24)23-13-10-17(11-14-23)9-12-22-2;/h5-8,17,19-20,22H,3-4,9-15H2,1-2H3;1H. The second-order valence-electron chi connectivity index (χ2n) is 7.61. The van der Waals surface area contributed by atoms with Gasteiger partial charge in [-0.3, -0.25) is 4.79 Å².